The first kappa shape index (κ1) is 11.3. The lowest BCUT2D eigenvalue weighted by Gasteiger charge is -2.19. The van der Waals surface area contributed by atoms with Crippen molar-refractivity contribution in [3.05, 3.63) is 23.8 Å². The van der Waals surface area contributed by atoms with E-state index >= 15 is 0 Å². The van der Waals surface area contributed by atoms with Crippen molar-refractivity contribution in [3.8, 4) is 5.75 Å². The predicted octanol–water partition coefficient (Wildman–Crippen LogP) is 3.34. The number of unbranched alkanes of at least 4 members (excludes halogenated alkanes) is 3. The Kier molecular flexibility index (Phi) is 3.70. The SMILES string of the molecule is CCCCCCN1CCc2cc(O)ccc21. The fraction of sp³-hybridized carbons (Fsp3) is 0.571. The number of phenolic OH excluding ortho intramolecular Hbond substituents is 1. The molecule has 0 aliphatic carbocycles. The minimum atomic E-state index is 0.395. The lowest BCUT2D eigenvalue weighted by atomic mass is 10.1. The molecule has 1 aromatic carbocycles. The zero-order valence-electron chi connectivity index (χ0n) is 10.1. The lowest BCUT2D eigenvalue weighted by molar-refractivity contribution is 0.475. The van der Waals surface area contributed by atoms with Gasteiger partial charge in [-0.25, -0.2) is 0 Å². The van der Waals surface area contributed by atoms with Crippen molar-refractivity contribution in [2.75, 3.05) is 18.0 Å². The molecule has 2 rings (SSSR count). The van der Waals surface area contributed by atoms with Crippen LogP contribution in [0.4, 0.5) is 5.69 Å². The summed E-state index contributed by atoms with van der Waals surface area (Å²) in [6.45, 7) is 4.52. The highest BCUT2D eigenvalue weighted by molar-refractivity contribution is 5.59. The van der Waals surface area contributed by atoms with Gasteiger partial charge in [-0.05, 0) is 36.6 Å². The summed E-state index contributed by atoms with van der Waals surface area (Å²) < 4.78 is 0. The van der Waals surface area contributed by atoms with E-state index in [1.807, 2.05) is 6.07 Å². The number of hydrogen-bond donors (Lipinski definition) is 1. The van der Waals surface area contributed by atoms with Crippen LogP contribution in [0.25, 0.3) is 0 Å². The fourth-order valence-corrected chi connectivity index (χ4v) is 2.42. The van der Waals surface area contributed by atoms with Crippen LogP contribution in [0, 0.1) is 0 Å². The van der Waals surface area contributed by atoms with E-state index in [1.165, 1.54) is 36.9 Å². The molecule has 1 heterocycles. The molecule has 2 nitrogen and oxygen atoms in total. The Morgan fingerprint density at radius 3 is 2.94 bits per heavy atom. The summed E-state index contributed by atoms with van der Waals surface area (Å²) in [5.74, 6) is 0.395. The highest BCUT2D eigenvalue weighted by atomic mass is 16.3. The van der Waals surface area contributed by atoms with Crippen molar-refractivity contribution in [1.29, 1.82) is 0 Å². The first-order valence-electron chi connectivity index (χ1n) is 6.38. The van der Waals surface area contributed by atoms with Gasteiger partial charge >= 0.3 is 0 Å². The molecule has 0 aromatic heterocycles. The van der Waals surface area contributed by atoms with E-state index in [0.29, 0.717) is 5.75 Å². The Balaban J connectivity index is 1.91. The van der Waals surface area contributed by atoms with Crippen molar-refractivity contribution in [2.24, 2.45) is 0 Å². The third-order valence-corrected chi connectivity index (χ3v) is 3.34. The molecule has 0 radical (unpaired) electrons. The molecule has 0 amide bonds. The quantitative estimate of drug-likeness (QED) is 0.768. The summed E-state index contributed by atoms with van der Waals surface area (Å²) in [6.07, 6.45) is 6.34. The molecule has 0 saturated heterocycles. The Hall–Kier alpha value is -1.18. The summed E-state index contributed by atoms with van der Waals surface area (Å²) in [6, 6.07) is 5.75. The second-order valence-corrected chi connectivity index (χ2v) is 4.61. The normalized spacial score (nSPS) is 14.2. The van der Waals surface area contributed by atoms with Gasteiger partial charge in [-0.1, -0.05) is 26.2 Å². The van der Waals surface area contributed by atoms with Gasteiger partial charge < -0.3 is 10.0 Å². The minimum absolute atomic E-state index is 0.395. The molecule has 0 unspecified atom stereocenters. The molecule has 0 bridgehead atoms. The van der Waals surface area contributed by atoms with Crippen molar-refractivity contribution >= 4 is 5.69 Å². The smallest absolute Gasteiger partial charge is 0.116 e. The van der Waals surface area contributed by atoms with Crippen molar-refractivity contribution in [1.82, 2.24) is 0 Å². The molecule has 1 aromatic rings. The zero-order valence-corrected chi connectivity index (χ0v) is 10.1. The van der Waals surface area contributed by atoms with Crippen LogP contribution in [0.1, 0.15) is 38.2 Å². The second kappa shape index (κ2) is 5.24. The molecule has 0 saturated carbocycles. The van der Waals surface area contributed by atoms with Crippen LogP contribution in [0.5, 0.6) is 5.75 Å². The average Bonchev–Trinajstić information content (AvgIpc) is 2.67. The van der Waals surface area contributed by atoms with Gasteiger partial charge in [-0.2, -0.15) is 0 Å². The summed E-state index contributed by atoms with van der Waals surface area (Å²) in [5, 5.41) is 9.41. The maximum atomic E-state index is 9.41. The number of hydrogen-bond acceptors (Lipinski definition) is 2. The Morgan fingerprint density at radius 2 is 2.12 bits per heavy atom. The van der Waals surface area contributed by atoms with Crippen LogP contribution < -0.4 is 4.90 Å². The number of rotatable bonds is 5. The highest BCUT2D eigenvalue weighted by Gasteiger charge is 2.18. The molecule has 0 atom stereocenters. The van der Waals surface area contributed by atoms with Crippen molar-refractivity contribution in [2.45, 2.75) is 39.0 Å². The predicted molar refractivity (Wildman–Crippen MR) is 68.2 cm³/mol. The number of fused-ring (bicyclic) bond motifs is 1. The second-order valence-electron chi connectivity index (χ2n) is 4.61. The Morgan fingerprint density at radius 1 is 1.25 bits per heavy atom. The molecule has 1 aliphatic rings. The number of benzene rings is 1. The largest absolute Gasteiger partial charge is 0.508 e. The van der Waals surface area contributed by atoms with Crippen molar-refractivity contribution < 1.29 is 5.11 Å². The number of nitrogens with zero attached hydrogens (tertiary/aromatic N) is 1. The van der Waals surface area contributed by atoms with Gasteiger partial charge in [-0.15, -0.1) is 0 Å². The van der Waals surface area contributed by atoms with E-state index < -0.39 is 0 Å². The third kappa shape index (κ3) is 2.49. The van der Waals surface area contributed by atoms with Crippen LogP contribution in [0.15, 0.2) is 18.2 Å². The molecule has 2 heteroatoms. The zero-order chi connectivity index (χ0) is 11.4. The standard InChI is InChI=1S/C14H21NO/c1-2-3-4-5-9-15-10-8-12-11-13(16)6-7-14(12)15/h6-7,11,16H,2-5,8-10H2,1H3. The van der Waals surface area contributed by atoms with Gasteiger partial charge in [0, 0.05) is 18.8 Å². The van der Waals surface area contributed by atoms with E-state index in [1.54, 1.807) is 6.07 Å². The van der Waals surface area contributed by atoms with E-state index in [-0.39, 0.29) is 0 Å². The van der Waals surface area contributed by atoms with E-state index in [9.17, 15) is 5.11 Å². The van der Waals surface area contributed by atoms with Crippen LogP contribution >= 0.6 is 0 Å². The van der Waals surface area contributed by atoms with E-state index in [2.05, 4.69) is 17.9 Å². The average molecular weight is 219 g/mol. The Bertz CT molecular complexity index is 349. The molecule has 0 fully saturated rings. The summed E-state index contributed by atoms with van der Waals surface area (Å²) in [7, 11) is 0. The number of aromatic hydroxyl groups is 1. The first-order chi connectivity index (χ1) is 7.81. The fourth-order valence-electron chi connectivity index (χ4n) is 2.42. The molecule has 16 heavy (non-hydrogen) atoms. The maximum absolute atomic E-state index is 9.41. The minimum Gasteiger partial charge on any atom is -0.508 e. The first-order valence-corrected chi connectivity index (χ1v) is 6.38. The molecule has 88 valence electrons. The monoisotopic (exact) mass is 219 g/mol. The summed E-state index contributed by atoms with van der Waals surface area (Å²) in [4.78, 5) is 2.45. The van der Waals surface area contributed by atoms with Gasteiger partial charge in [-0.3, -0.25) is 0 Å². The molecule has 1 aliphatic heterocycles. The van der Waals surface area contributed by atoms with Crippen LogP contribution in [0.2, 0.25) is 0 Å². The lowest BCUT2D eigenvalue weighted by Crippen LogP contribution is -2.21. The molecule has 1 N–H and O–H groups in total. The van der Waals surface area contributed by atoms with E-state index in [4.69, 9.17) is 0 Å². The molecular formula is C14H21NO. The van der Waals surface area contributed by atoms with Gasteiger partial charge in [0.25, 0.3) is 0 Å². The topological polar surface area (TPSA) is 23.5 Å². The summed E-state index contributed by atoms with van der Waals surface area (Å²) in [5.41, 5.74) is 2.63. The number of phenols is 1. The van der Waals surface area contributed by atoms with Gasteiger partial charge in [0.05, 0.1) is 0 Å². The van der Waals surface area contributed by atoms with Crippen LogP contribution in [0.3, 0.4) is 0 Å². The summed E-state index contributed by atoms with van der Waals surface area (Å²) >= 11 is 0. The van der Waals surface area contributed by atoms with Crippen LogP contribution in [-0.4, -0.2) is 18.2 Å². The maximum Gasteiger partial charge on any atom is 0.116 e. The van der Waals surface area contributed by atoms with Gasteiger partial charge in [0.1, 0.15) is 5.75 Å². The number of anilines is 1. The van der Waals surface area contributed by atoms with Crippen molar-refractivity contribution in [3.63, 3.8) is 0 Å². The van der Waals surface area contributed by atoms with Gasteiger partial charge in [0.15, 0.2) is 0 Å². The van der Waals surface area contributed by atoms with Gasteiger partial charge in [0.2, 0.25) is 0 Å². The highest BCUT2D eigenvalue weighted by Crippen LogP contribution is 2.30. The Labute approximate surface area is 97.9 Å². The third-order valence-electron chi connectivity index (χ3n) is 3.34. The molecule has 0 spiro atoms. The van der Waals surface area contributed by atoms with Crippen LogP contribution in [-0.2, 0) is 6.42 Å². The van der Waals surface area contributed by atoms with E-state index in [0.717, 1.165) is 19.5 Å². The molecular weight excluding hydrogens is 198 g/mol.